The van der Waals surface area contributed by atoms with Gasteiger partial charge in [0, 0.05) is 26.2 Å². The molecule has 8 nitrogen and oxygen atoms in total. The number of fused-ring (bicyclic) bond motifs is 1. The number of carbonyl (C=O) groups excluding carboxylic acids is 3. The molecular formula is C22H26FN5O3. The molecule has 0 aliphatic carbocycles. The number of halogens is 1. The summed E-state index contributed by atoms with van der Waals surface area (Å²) in [5, 5.41) is 2.85. The van der Waals surface area contributed by atoms with Gasteiger partial charge in [0.15, 0.2) is 5.69 Å². The normalized spacial score (nSPS) is 20.7. The highest BCUT2D eigenvalue weighted by atomic mass is 19.1. The molecule has 4 rings (SSSR count). The third kappa shape index (κ3) is 3.68. The summed E-state index contributed by atoms with van der Waals surface area (Å²) >= 11 is 0. The Morgan fingerprint density at radius 1 is 1.19 bits per heavy atom. The second kappa shape index (κ2) is 8.13. The van der Waals surface area contributed by atoms with Gasteiger partial charge in [-0.2, -0.15) is 0 Å². The standard InChI is InChI=1S/C22H26FN5O3/c1-3-28-20(30)18-17(19(29)26-10-4-5-11-26)25-14-27(18)13-22(28,2)21(31)24-12-15-6-8-16(23)9-7-15/h6-9,14H,3-5,10-13H2,1-2H3,(H,24,31)/t22-/m0/s1. The third-order valence-corrected chi connectivity index (χ3v) is 6.13. The van der Waals surface area contributed by atoms with Gasteiger partial charge in [-0.3, -0.25) is 14.4 Å². The molecule has 1 N–H and O–H groups in total. The maximum Gasteiger partial charge on any atom is 0.274 e. The zero-order chi connectivity index (χ0) is 22.2. The Morgan fingerprint density at radius 2 is 1.87 bits per heavy atom. The molecule has 31 heavy (non-hydrogen) atoms. The van der Waals surface area contributed by atoms with Crippen molar-refractivity contribution in [3.05, 3.63) is 53.4 Å². The summed E-state index contributed by atoms with van der Waals surface area (Å²) in [6, 6.07) is 5.88. The molecular weight excluding hydrogens is 401 g/mol. The lowest BCUT2D eigenvalue weighted by Gasteiger charge is -2.43. The molecule has 0 spiro atoms. The molecule has 2 aliphatic rings. The van der Waals surface area contributed by atoms with Gasteiger partial charge in [0.05, 0.1) is 12.9 Å². The number of carbonyl (C=O) groups is 3. The molecule has 0 unspecified atom stereocenters. The molecule has 0 saturated carbocycles. The second-order valence-corrected chi connectivity index (χ2v) is 8.20. The number of nitrogens with one attached hydrogen (secondary N) is 1. The minimum atomic E-state index is -1.15. The van der Waals surface area contributed by atoms with Crippen LogP contribution in [-0.2, 0) is 17.9 Å². The lowest BCUT2D eigenvalue weighted by molar-refractivity contribution is -0.132. The summed E-state index contributed by atoms with van der Waals surface area (Å²) < 4.78 is 14.7. The van der Waals surface area contributed by atoms with Crippen molar-refractivity contribution < 1.29 is 18.8 Å². The summed E-state index contributed by atoms with van der Waals surface area (Å²) in [5.74, 6) is -1.28. The number of likely N-dealkylation sites (N-methyl/N-ethyl adjacent to an activating group) is 1. The molecule has 2 aliphatic heterocycles. The van der Waals surface area contributed by atoms with E-state index in [1.807, 2.05) is 0 Å². The van der Waals surface area contributed by atoms with E-state index in [9.17, 15) is 18.8 Å². The number of hydrogen-bond donors (Lipinski definition) is 1. The summed E-state index contributed by atoms with van der Waals surface area (Å²) in [6.07, 6.45) is 3.36. The minimum absolute atomic E-state index is 0.152. The van der Waals surface area contributed by atoms with Crippen LogP contribution in [-0.4, -0.2) is 62.2 Å². The van der Waals surface area contributed by atoms with E-state index in [1.54, 1.807) is 35.4 Å². The summed E-state index contributed by atoms with van der Waals surface area (Å²) in [7, 11) is 0. The van der Waals surface area contributed by atoms with Crippen molar-refractivity contribution in [1.29, 1.82) is 0 Å². The summed E-state index contributed by atoms with van der Waals surface area (Å²) in [4.78, 5) is 46.8. The first-order chi connectivity index (χ1) is 14.8. The first kappa shape index (κ1) is 21.0. The Hall–Kier alpha value is -3.23. The van der Waals surface area contributed by atoms with Gasteiger partial charge in [-0.25, -0.2) is 9.37 Å². The van der Waals surface area contributed by atoms with Gasteiger partial charge in [-0.15, -0.1) is 0 Å². The quantitative estimate of drug-likeness (QED) is 0.788. The molecule has 1 atom stereocenters. The SMILES string of the molecule is CCN1C(=O)c2c(C(=O)N3CCCC3)ncn2C[C@@]1(C)C(=O)NCc1ccc(F)cc1. The average Bonchev–Trinajstić information content (AvgIpc) is 3.43. The minimum Gasteiger partial charge on any atom is -0.350 e. The highest BCUT2D eigenvalue weighted by Gasteiger charge is 2.48. The van der Waals surface area contributed by atoms with Gasteiger partial charge >= 0.3 is 0 Å². The summed E-state index contributed by atoms with van der Waals surface area (Å²) in [6.45, 7) is 5.56. The van der Waals surface area contributed by atoms with Gasteiger partial charge in [-0.05, 0) is 44.4 Å². The Balaban J connectivity index is 1.57. The van der Waals surface area contributed by atoms with Crippen LogP contribution in [0.1, 0.15) is 53.2 Å². The van der Waals surface area contributed by atoms with Crippen LogP contribution in [0, 0.1) is 5.82 Å². The molecule has 3 heterocycles. The van der Waals surface area contributed by atoms with E-state index in [2.05, 4.69) is 10.3 Å². The van der Waals surface area contributed by atoms with Crippen molar-refractivity contribution >= 4 is 17.7 Å². The van der Waals surface area contributed by atoms with Gasteiger partial charge in [0.1, 0.15) is 17.1 Å². The van der Waals surface area contributed by atoms with Crippen LogP contribution in [0.15, 0.2) is 30.6 Å². The predicted octanol–water partition coefficient (Wildman–Crippen LogP) is 1.81. The lowest BCUT2D eigenvalue weighted by atomic mass is 9.94. The van der Waals surface area contributed by atoms with Crippen LogP contribution < -0.4 is 5.32 Å². The van der Waals surface area contributed by atoms with E-state index in [1.165, 1.54) is 23.4 Å². The van der Waals surface area contributed by atoms with E-state index in [0.29, 0.717) is 19.6 Å². The van der Waals surface area contributed by atoms with Crippen molar-refractivity contribution in [2.24, 2.45) is 0 Å². The maximum atomic E-state index is 13.4. The van der Waals surface area contributed by atoms with Crippen LogP contribution in [0.4, 0.5) is 4.39 Å². The molecule has 1 aromatic carbocycles. The number of imidazole rings is 1. The van der Waals surface area contributed by atoms with Gasteiger partial charge in [0.2, 0.25) is 5.91 Å². The highest BCUT2D eigenvalue weighted by molar-refractivity contribution is 6.07. The largest absolute Gasteiger partial charge is 0.350 e. The van der Waals surface area contributed by atoms with Gasteiger partial charge in [0.25, 0.3) is 11.8 Å². The zero-order valence-corrected chi connectivity index (χ0v) is 17.7. The molecule has 164 valence electrons. The van der Waals surface area contributed by atoms with E-state index in [-0.39, 0.29) is 48.0 Å². The number of amides is 3. The Kier molecular flexibility index (Phi) is 5.51. The lowest BCUT2D eigenvalue weighted by Crippen LogP contribution is -2.63. The van der Waals surface area contributed by atoms with E-state index in [4.69, 9.17) is 0 Å². The van der Waals surface area contributed by atoms with Crippen molar-refractivity contribution in [2.75, 3.05) is 19.6 Å². The molecule has 1 fully saturated rings. The van der Waals surface area contributed by atoms with Crippen LogP contribution in [0.2, 0.25) is 0 Å². The third-order valence-electron chi connectivity index (χ3n) is 6.13. The predicted molar refractivity (Wildman–Crippen MR) is 111 cm³/mol. The van der Waals surface area contributed by atoms with E-state index in [0.717, 1.165) is 18.4 Å². The Bertz CT molecular complexity index is 1010. The van der Waals surface area contributed by atoms with Crippen molar-refractivity contribution in [3.63, 3.8) is 0 Å². The fraction of sp³-hybridized carbons (Fsp3) is 0.455. The number of likely N-dealkylation sites (tertiary alicyclic amines) is 1. The molecule has 3 amide bonds. The van der Waals surface area contributed by atoms with E-state index >= 15 is 0 Å². The number of nitrogens with zero attached hydrogens (tertiary/aromatic N) is 4. The average molecular weight is 427 g/mol. The number of rotatable bonds is 5. The highest BCUT2D eigenvalue weighted by Crippen LogP contribution is 2.29. The van der Waals surface area contributed by atoms with Gasteiger partial charge < -0.3 is 19.7 Å². The zero-order valence-electron chi connectivity index (χ0n) is 17.7. The van der Waals surface area contributed by atoms with E-state index < -0.39 is 5.54 Å². The van der Waals surface area contributed by atoms with Crippen LogP contribution >= 0.6 is 0 Å². The van der Waals surface area contributed by atoms with Crippen molar-refractivity contribution in [1.82, 2.24) is 24.7 Å². The second-order valence-electron chi connectivity index (χ2n) is 8.20. The fourth-order valence-electron chi connectivity index (χ4n) is 4.38. The number of benzene rings is 1. The Labute approximate surface area is 180 Å². The monoisotopic (exact) mass is 427 g/mol. The molecule has 1 saturated heterocycles. The van der Waals surface area contributed by atoms with Crippen LogP contribution in [0.3, 0.4) is 0 Å². The summed E-state index contributed by atoms with van der Waals surface area (Å²) in [5.41, 5.74) is 0.0000865. The molecule has 9 heteroatoms. The molecule has 0 radical (unpaired) electrons. The maximum absolute atomic E-state index is 13.4. The van der Waals surface area contributed by atoms with Crippen LogP contribution in [0.5, 0.6) is 0 Å². The van der Waals surface area contributed by atoms with Gasteiger partial charge in [-0.1, -0.05) is 12.1 Å². The molecule has 2 aromatic rings. The Morgan fingerprint density at radius 3 is 2.52 bits per heavy atom. The van der Waals surface area contributed by atoms with Crippen LogP contribution in [0.25, 0.3) is 0 Å². The number of aromatic nitrogens is 2. The van der Waals surface area contributed by atoms with Crippen molar-refractivity contribution in [2.45, 2.75) is 45.3 Å². The topological polar surface area (TPSA) is 87.5 Å². The molecule has 0 bridgehead atoms. The first-order valence-corrected chi connectivity index (χ1v) is 10.5. The smallest absolute Gasteiger partial charge is 0.274 e. The van der Waals surface area contributed by atoms with Crippen molar-refractivity contribution in [3.8, 4) is 0 Å². The first-order valence-electron chi connectivity index (χ1n) is 10.5. The number of hydrogen-bond acceptors (Lipinski definition) is 4. The fourth-order valence-corrected chi connectivity index (χ4v) is 4.38. The molecule has 1 aromatic heterocycles.